The highest BCUT2D eigenvalue weighted by Crippen LogP contribution is 2.10. The fraction of sp³-hybridized carbons (Fsp3) is 0.333. The van der Waals surface area contributed by atoms with Gasteiger partial charge in [0.05, 0.1) is 11.6 Å². The largest absolute Gasteiger partial charge is 0.330 e. The minimum atomic E-state index is -0.200. The average Bonchev–Trinajstić information content (AvgIpc) is 2.36. The van der Waals surface area contributed by atoms with Crippen molar-refractivity contribution in [3.8, 4) is 6.07 Å². The van der Waals surface area contributed by atoms with Crippen molar-refractivity contribution in [3.05, 3.63) is 29.8 Å². The molecule has 0 saturated carbocycles. The van der Waals surface area contributed by atoms with Gasteiger partial charge in [-0.15, -0.1) is 0 Å². The predicted octanol–water partition coefficient (Wildman–Crippen LogP) is 1.37. The van der Waals surface area contributed by atoms with E-state index in [0.717, 1.165) is 6.42 Å². The van der Waals surface area contributed by atoms with E-state index < -0.39 is 0 Å². The van der Waals surface area contributed by atoms with Gasteiger partial charge in [0.1, 0.15) is 0 Å². The van der Waals surface area contributed by atoms with Crippen LogP contribution in [0.15, 0.2) is 24.3 Å². The molecule has 1 rings (SSSR count). The number of benzene rings is 1. The molecule has 0 aromatic heterocycles. The second-order valence-electron chi connectivity index (χ2n) is 3.69. The maximum Gasteiger partial charge on any atom is 0.321 e. The smallest absolute Gasteiger partial charge is 0.321 e. The Balaban J connectivity index is 2.58. The lowest BCUT2D eigenvalue weighted by molar-refractivity contribution is 0.222. The summed E-state index contributed by atoms with van der Waals surface area (Å²) in [6.45, 7) is 1.17. The molecule has 17 heavy (non-hydrogen) atoms. The summed E-state index contributed by atoms with van der Waals surface area (Å²) in [7, 11) is 1.71. The normalized spacial score (nSPS) is 9.47. The lowest BCUT2D eigenvalue weighted by Gasteiger charge is -2.17. The quantitative estimate of drug-likeness (QED) is 0.822. The molecule has 5 nitrogen and oxygen atoms in total. The first kappa shape index (κ1) is 13.0. The summed E-state index contributed by atoms with van der Waals surface area (Å²) in [6.07, 6.45) is 0.766. The second kappa shape index (κ2) is 6.51. The minimum Gasteiger partial charge on any atom is -0.330 e. The van der Waals surface area contributed by atoms with Crippen LogP contribution in [0.4, 0.5) is 10.5 Å². The van der Waals surface area contributed by atoms with Crippen LogP contribution in [-0.2, 0) is 0 Å². The molecule has 0 aliphatic carbocycles. The van der Waals surface area contributed by atoms with Gasteiger partial charge in [-0.25, -0.2) is 4.79 Å². The Hall–Kier alpha value is -2.06. The number of rotatable bonds is 4. The van der Waals surface area contributed by atoms with Crippen LogP contribution in [0.1, 0.15) is 12.0 Å². The zero-order valence-corrected chi connectivity index (χ0v) is 9.81. The molecule has 0 unspecified atom stereocenters. The Bertz CT molecular complexity index is 425. The highest BCUT2D eigenvalue weighted by Gasteiger charge is 2.07. The zero-order valence-electron chi connectivity index (χ0n) is 9.81. The highest BCUT2D eigenvalue weighted by molar-refractivity contribution is 5.89. The molecule has 90 valence electrons. The summed E-state index contributed by atoms with van der Waals surface area (Å²) < 4.78 is 0. The van der Waals surface area contributed by atoms with E-state index in [1.54, 1.807) is 36.2 Å². The topological polar surface area (TPSA) is 82.2 Å². The van der Waals surface area contributed by atoms with E-state index in [-0.39, 0.29) is 6.03 Å². The monoisotopic (exact) mass is 232 g/mol. The van der Waals surface area contributed by atoms with Crippen molar-refractivity contribution in [3.63, 3.8) is 0 Å². The van der Waals surface area contributed by atoms with E-state index in [2.05, 4.69) is 5.32 Å². The highest BCUT2D eigenvalue weighted by atomic mass is 16.2. The molecular weight excluding hydrogens is 216 g/mol. The second-order valence-corrected chi connectivity index (χ2v) is 3.69. The Morgan fingerprint density at radius 2 is 2.35 bits per heavy atom. The van der Waals surface area contributed by atoms with Gasteiger partial charge in [-0.1, -0.05) is 6.07 Å². The molecule has 0 saturated heterocycles. The third-order valence-corrected chi connectivity index (χ3v) is 2.29. The maximum atomic E-state index is 11.7. The van der Waals surface area contributed by atoms with Gasteiger partial charge in [0, 0.05) is 19.3 Å². The Kier molecular flexibility index (Phi) is 4.98. The van der Waals surface area contributed by atoms with Crippen molar-refractivity contribution in [1.29, 1.82) is 5.26 Å². The Morgan fingerprint density at radius 1 is 1.59 bits per heavy atom. The molecule has 0 aliphatic heterocycles. The number of nitrogens with one attached hydrogen (secondary N) is 1. The number of carbonyl (C=O) groups excluding carboxylic acids is 1. The molecule has 0 heterocycles. The lowest BCUT2D eigenvalue weighted by Crippen LogP contribution is -2.32. The van der Waals surface area contributed by atoms with E-state index in [4.69, 9.17) is 11.0 Å². The fourth-order valence-electron chi connectivity index (χ4n) is 1.32. The number of nitrogens with zero attached hydrogens (tertiary/aromatic N) is 2. The van der Waals surface area contributed by atoms with E-state index in [1.165, 1.54) is 0 Å². The van der Waals surface area contributed by atoms with Crippen LogP contribution in [-0.4, -0.2) is 31.1 Å². The van der Waals surface area contributed by atoms with Gasteiger partial charge in [-0.3, -0.25) is 0 Å². The summed E-state index contributed by atoms with van der Waals surface area (Å²) in [4.78, 5) is 13.3. The van der Waals surface area contributed by atoms with Gasteiger partial charge in [0.2, 0.25) is 0 Å². The predicted molar refractivity (Wildman–Crippen MR) is 66.5 cm³/mol. The van der Waals surface area contributed by atoms with E-state index in [0.29, 0.717) is 24.3 Å². The van der Waals surface area contributed by atoms with Crippen molar-refractivity contribution < 1.29 is 4.79 Å². The molecule has 0 spiro atoms. The maximum absolute atomic E-state index is 11.7. The number of anilines is 1. The van der Waals surface area contributed by atoms with Crippen LogP contribution in [0.3, 0.4) is 0 Å². The summed E-state index contributed by atoms with van der Waals surface area (Å²) in [6, 6.07) is 8.62. The summed E-state index contributed by atoms with van der Waals surface area (Å²) in [5.41, 5.74) is 6.51. The summed E-state index contributed by atoms with van der Waals surface area (Å²) >= 11 is 0. The van der Waals surface area contributed by atoms with Crippen molar-refractivity contribution in [2.45, 2.75) is 6.42 Å². The van der Waals surface area contributed by atoms with Gasteiger partial charge >= 0.3 is 6.03 Å². The SMILES string of the molecule is CN(CCCN)C(=O)Nc1cccc(C#N)c1. The van der Waals surface area contributed by atoms with Crippen molar-refractivity contribution >= 4 is 11.7 Å². The molecule has 0 aliphatic rings. The van der Waals surface area contributed by atoms with Crippen molar-refractivity contribution in [2.24, 2.45) is 5.73 Å². The third kappa shape index (κ3) is 4.13. The van der Waals surface area contributed by atoms with Gasteiger partial charge in [-0.2, -0.15) is 5.26 Å². The number of nitriles is 1. The van der Waals surface area contributed by atoms with Crippen LogP contribution >= 0.6 is 0 Å². The number of hydrogen-bond donors (Lipinski definition) is 2. The molecule has 1 aromatic carbocycles. The first-order valence-corrected chi connectivity index (χ1v) is 5.39. The number of hydrogen-bond acceptors (Lipinski definition) is 3. The molecule has 0 fully saturated rings. The number of carbonyl (C=O) groups is 1. The van der Waals surface area contributed by atoms with Crippen molar-refractivity contribution in [1.82, 2.24) is 4.90 Å². The minimum absolute atomic E-state index is 0.200. The molecular formula is C12H16N4O. The van der Waals surface area contributed by atoms with Gasteiger partial charge in [0.25, 0.3) is 0 Å². The lowest BCUT2D eigenvalue weighted by atomic mass is 10.2. The fourth-order valence-corrected chi connectivity index (χ4v) is 1.32. The summed E-state index contributed by atoms with van der Waals surface area (Å²) in [5.74, 6) is 0. The molecule has 3 N–H and O–H groups in total. The van der Waals surface area contributed by atoms with Crippen LogP contribution in [0, 0.1) is 11.3 Å². The first-order valence-electron chi connectivity index (χ1n) is 5.39. The van der Waals surface area contributed by atoms with E-state index >= 15 is 0 Å². The first-order chi connectivity index (χ1) is 8.17. The van der Waals surface area contributed by atoms with Gasteiger partial charge in [-0.05, 0) is 31.2 Å². The number of amides is 2. The van der Waals surface area contributed by atoms with E-state index in [1.807, 2.05) is 6.07 Å². The molecule has 2 amide bonds. The van der Waals surface area contributed by atoms with Crippen LogP contribution in [0.5, 0.6) is 0 Å². The van der Waals surface area contributed by atoms with Crippen LogP contribution in [0.25, 0.3) is 0 Å². The molecule has 0 bridgehead atoms. The van der Waals surface area contributed by atoms with Gasteiger partial charge < -0.3 is 16.0 Å². The molecule has 0 radical (unpaired) electrons. The third-order valence-electron chi connectivity index (χ3n) is 2.29. The van der Waals surface area contributed by atoms with Crippen LogP contribution < -0.4 is 11.1 Å². The van der Waals surface area contributed by atoms with Crippen LogP contribution in [0.2, 0.25) is 0 Å². The number of urea groups is 1. The van der Waals surface area contributed by atoms with Gasteiger partial charge in [0.15, 0.2) is 0 Å². The molecule has 0 atom stereocenters. The Morgan fingerprint density at radius 3 is 3.00 bits per heavy atom. The standard InChI is InChI=1S/C12H16N4O/c1-16(7-3-6-13)12(17)15-11-5-2-4-10(8-11)9-14/h2,4-5,8H,3,6-7,13H2,1H3,(H,15,17). The summed E-state index contributed by atoms with van der Waals surface area (Å²) in [5, 5.41) is 11.5. The number of nitrogens with two attached hydrogens (primary N) is 1. The Labute approximate surface area is 101 Å². The average molecular weight is 232 g/mol. The van der Waals surface area contributed by atoms with E-state index in [9.17, 15) is 4.79 Å². The molecule has 5 heteroatoms. The molecule has 1 aromatic rings. The zero-order chi connectivity index (χ0) is 12.7. The van der Waals surface area contributed by atoms with Crippen molar-refractivity contribution in [2.75, 3.05) is 25.5 Å².